The third-order valence-corrected chi connectivity index (χ3v) is 2.43. The minimum Gasteiger partial charge on any atom is -0.352 e. The van der Waals surface area contributed by atoms with Gasteiger partial charge in [-0.05, 0) is 25.2 Å². The van der Waals surface area contributed by atoms with Crippen molar-refractivity contribution in [3.8, 4) is 0 Å². The molecular weight excluding hydrogens is 232 g/mol. The van der Waals surface area contributed by atoms with E-state index in [1.165, 1.54) is 0 Å². The van der Waals surface area contributed by atoms with Crippen LogP contribution in [0.5, 0.6) is 0 Å². The molecule has 2 N–H and O–H groups in total. The first kappa shape index (κ1) is 12.4. The van der Waals surface area contributed by atoms with E-state index in [1.54, 1.807) is 0 Å². The summed E-state index contributed by atoms with van der Waals surface area (Å²) in [6.45, 7) is 3.76. The number of carbonyl (C=O) groups is 1. The molecule has 88 valence electrons. The van der Waals surface area contributed by atoms with Crippen molar-refractivity contribution in [3.63, 3.8) is 0 Å². The smallest absolute Gasteiger partial charge is 0.345 e. The third-order valence-electron chi connectivity index (χ3n) is 1.52. The minimum atomic E-state index is -0.517. The summed E-state index contributed by atoms with van der Waals surface area (Å²) in [4.78, 5) is 24.9. The van der Waals surface area contributed by atoms with Crippen LogP contribution in [0, 0.1) is 10.1 Å². The van der Waals surface area contributed by atoms with Crippen LogP contribution in [-0.4, -0.2) is 28.4 Å². The predicted molar refractivity (Wildman–Crippen MR) is 60.5 cm³/mol. The van der Waals surface area contributed by atoms with Crippen LogP contribution in [0.25, 0.3) is 0 Å². The highest BCUT2D eigenvalue weighted by atomic mass is 32.1. The van der Waals surface area contributed by atoms with Gasteiger partial charge in [-0.1, -0.05) is 0 Å². The molecule has 1 amide bonds. The van der Waals surface area contributed by atoms with Gasteiger partial charge in [0.2, 0.25) is 5.91 Å². The van der Waals surface area contributed by atoms with Crippen LogP contribution in [0.3, 0.4) is 0 Å². The molecule has 8 heteroatoms. The molecule has 1 aromatic rings. The first-order valence-electron chi connectivity index (χ1n) is 4.62. The van der Waals surface area contributed by atoms with Crippen molar-refractivity contribution < 1.29 is 9.72 Å². The summed E-state index contributed by atoms with van der Waals surface area (Å²) in [6.07, 6.45) is 1.16. The van der Waals surface area contributed by atoms with Gasteiger partial charge < -0.3 is 10.6 Å². The molecule has 0 fully saturated rings. The quantitative estimate of drug-likeness (QED) is 0.594. The predicted octanol–water partition coefficient (Wildman–Crippen LogP) is 0.988. The zero-order valence-electron chi connectivity index (χ0n) is 8.89. The van der Waals surface area contributed by atoms with Gasteiger partial charge in [-0.2, -0.15) is 0 Å². The first-order chi connectivity index (χ1) is 7.49. The Bertz CT molecular complexity index is 390. The number of anilines is 1. The fraction of sp³-hybridized carbons (Fsp3) is 0.500. The Labute approximate surface area is 96.0 Å². The molecule has 0 unspecified atom stereocenters. The summed E-state index contributed by atoms with van der Waals surface area (Å²) in [5.41, 5.74) is 0. The van der Waals surface area contributed by atoms with Crippen LogP contribution in [0.4, 0.5) is 10.1 Å². The second-order valence-electron chi connectivity index (χ2n) is 3.34. The van der Waals surface area contributed by atoms with E-state index < -0.39 is 4.92 Å². The summed E-state index contributed by atoms with van der Waals surface area (Å²) in [5, 5.41) is 16.1. The Morgan fingerprint density at radius 3 is 2.88 bits per heavy atom. The topological polar surface area (TPSA) is 97.2 Å². The normalized spacial score (nSPS) is 10.2. The Kier molecular flexibility index (Phi) is 4.18. The maximum Gasteiger partial charge on any atom is 0.345 e. The number of thiazole rings is 1. The van der Waals surface area contributed by atoms with E-state index in [1.807, 2.05) is 13.8 Å². The number of hydrogen-bond donors (Lipinski definition) is 2. The Morgan fingerprint density at radius 1 is 1.69 bits per heavy atom. The van der Waals surface area contributed by atoms with Crippen LogP contribution in [0.2, 0.25) is 0 Å². The molecule has 0 aliphatic heterocycles. The molecule has 0 spiro atoms. The van der Waals surface area contributed by atoms with E-state index in [0.717, 1.165) is 17.5 Å². The van der Waals surface area contributed by atoms with Gasteiger partial charge >= 0.3 is 5.00 Å². The zero-order valence-corrected chi connectivity index (χ0v) is 9.71. The van der Waals surface area contributed by atoms with Gasteiger partial charge in [-0.3, -0.25) is 14.9 Å². The molecule has 1 rings (SSSR count). The van der Waals surface area contributed by atoms with Crippen LogP contribution < -0.4 is 10.6 Å². The van der Waals surface area contributed by atoms with E-state index in [2.05, 4.69) is 15.6 Å². The van der Waals surface area contributed by atoms with Crippen molar-refractivity contribution in [1.82, 2.24) is 10.3 Å². The van der Waals surface area contributed by atoms with Crippen molar-refractivity contribution in [1.29, 1.82) is 0 Å². The van der Waals surface area contributed by atoms with E-state index in [9.17, 15) is 14.9 Å². The number of nitro groups is 1. The SMILES string of the molecule is CC(C)NC(=O)CNc1ncc([N+](=O)[O-])s1. The summed E-state index contributed by atoms with van der Waals surface area (Å²) in [5.74, 6) is -0.173. The maximum atomic E-state index is 11.2. The lowest BCUT2D eigenvalue weighted by Gasteiger charge is -2.07. The number of nitrogens with zero attached hydrogens (tertiary/aromatic N) is 2. The molecule has 0 aromatic carbocycles. The number of hydrogen-bond acceptors (Lipinski definition) is 6. The number of aromatic nitrogens is 1. The van der Waals surface area contributed by atoms with Gasteiger partial charge in [0.05, 0.1) is 11.5 Å². The highest BCUT2D eigenvalue weighted by Crippen LogP contribution is 2.24. The van der Waals surface area contributed by atoms with E-state index >= 15 is 0 Å². The number of carbonyl (C=O) groups excluding carboxylic acids is 1. The Hall–Kier alpha value is -1.70. The molecule has 0 aliphatic rings. The zero-order chi connectivity index (χ0) is 12.1. The fourth-order valence-corrected chi connectivity index (χ4v) is 1.59. The van der Waals surface area contributed by atoms with Crippen LogP contribution in [0.15, 0.2) is 6.20 Å². The molecule has 0 aliphatic carbocycles. The summed E-state index contributed by atoms with van der Waals surface area (Å²) in [7, 11) is 0. The van der Waals surface area contributed by atoms with Gasteiger partial charge in [-0.15, -0.1) is 0 Å². The van der Waals surface area contributed by atoms with Crippen LogP contribution >= 0.6 is 11.3 Å². The average molecular weight is 244 g/mol. The van der Waals surface area contributed by atoms with E-state index in [0.29, 0.717) is 5.13 Å². The minimum absolute atomic E-state index is 0.0493. The largest absolute Gasteiger partial charge is 0.352 e. The third kappa shape index (κ3) is 3.81. The highest BCUT2D eigenvalue weighted by Gasteiger charge is 2.11. The molecule has 1 aromatic heterocycles. The molecule has 1 heterocycles. The standard InChI is InChI=1S/C8H12N4O3S/c1-5(2)11-6(13)3-9-8-10-4-7(16-8)12(14)15/h4-5H,3H2,1-2H3,(H,9,10)(H,11,13). The van der Waals surface area contributed by atoms with Gasteiger partial charge in [0.15, 0.2) is 5.13 Å². The highest BCUT2D eigenvalue weighted by molar-refractivity contribution is 7.18. The lowest BCUT2D eigenvalue weighted by Crippen LogP contribution is -2.34. The molecule has 0 saturated heterocycles. The molecule has 0 radical (unpaired) electrons. The first-order valence-corrected chi connectivity index (χ1v) is 5.44. The van der Waals surface area contributed by atoms with Crippen molar-refractivity contribution in [2.24, 2.45) is 0 Å². The molecule has 7 nitrogen and oxygen atoms in total. The van der Waals surface area contributed by atoms with E-state index in [-0.39, 0.29) is 23.5 Å². The number of rotatable bonds is 5. The van der Waals surface area contributed by atoms with Crippen molar-refractivity contribution in [3.05, 3.63) is 16.3 Å². The van der Waals surface area contributed by atoms with Crippen molar-refractivity contribution in [2.45, 2.75) is 19.9 Å². The lowest BCUT2D eigenvalue weighted by atomic mass is 10.4. The molecule has 0 atom stereocenters. The summed E-state index contributed by atoms with van der Waals surface area (Å²) < 4.78 is 0. The van der Waals surface area contributed by atoms with E-state index in [4.69, 9.17) is 0 Å². The monoisotopic (exact) mass is 244 g/mol. The number of nitrogens with one attached hydrogen (secondary N) is 2. The maximum absolute atomic E-state index is 11.2. The second-order valence-corrected chi connectivity index (χ2v) is 4.35. The second kappa shape index (κ2) is 5.40. The fourth-order valence-electron chi connectivity index (χ4n) is 0.961. The van der Waals surface area contributed by atoms with Crippen LogP contribution in [0.1, 0.15) is 13.8 Å². The van der Waals surface area contributed by atoms with Crippen molar-refractivity contribution in [2.75, 3.05) is 11.9 Å². The Balaban J connectivity index is 2.42. The van der Waals surface area contributed by atoms with Gasteiger partial charge in [0.25, 0.3) is 0 Å². The van der Waals surface area contributed by atoms with Gasteiger partial charge in [0, 0.05) is 6.04 Å². The number of amides is 1. The molecule has 0 bridgehead atoms. The average Bonchev–Trinajstić information content (AvgIpc) is 2.61. The molecule has 0 saturated carbocycles. The summed E-state index contributed by atoms with van der Waals surface area (Å²) >= 11 is 0.901. The molecular formula is C8H12N4O3S. The lowest BCUT2D eigenvalue weighted by molar-refractivity contribution is -0.380. The van der Waals surface area contributed by atoms with Crippen molar-refractivity contribution >= 4 is 27.4 Å². The van der Waals surface area contributed by atoms with Crippen LogP contribution in [-0.2, 0) is 4.79 Å². The molecule has 16 heavy (non-hydrogen) atoms. The van der Waals surface area contributed by atoms with Gasteiger partial charge in [-0.25, -0.2) is 4.98 Å². The van der Waals surface area contributed by atoms with Gasteiger partial charge in [0.1, 0.15) is 6.20 Å². The Morgan fingerprint density at radius 2 is 2.38 bits per heavy atom. The summed E-state index contributed by atoms with van der Waals surface area (Å²) in [6, 6.07) is 0.0694.